The lowest BCUT2D eigenvalue weighted by Crippen LogP contribution is -2.07. The van der Waals surface area contributed by atoms with Crippen molar-refractivity contribution in [3.05, 3.63) is 59.0 Å². The summed E-state index contributed by atoms with van der Waals surface area (Å²) in [4.78, 5) is 0. The molecule has 0 aliphatic heterocycles. The van der Waals surface area contributed by atoms with Gasteiger partial charge in [-0.2, -0.15) is 0 Å². The summed E-state index contributed by atoms with van der Waals surface area (Å²) in [5.74, 6) is 0. The summed E-state index contributed by atoms with van der Waals surface area (Å²) in [5.41, 5.74) is 14.4. The van der Waals surface area contributed by atoms with Crippen molar-refractivity contribution < 1.29 is 0 Å². The van der Waals surface area contributed by atoms with E-state index in [2.05, 4.69) is 62.4 Å². The van der Waals surface area contributed by atoms with E-state index in [1.165, 1.54) is 42.8 Å². The first-order chi connectivity index (χ1) is 12.7. The molecule has 0 aliphatic carbocycles. The lowest BCUT2D eigenvalue weighted by atomic mass is 9.87. The summed E-state index contributed by atoms with van der Waals surface area (Å²) >= 11 is 0. The second-order valence-corrected chi connectivity index (χ2v) is 6.89. The molecule has 5 aromatic carbocycles. The molecule has 0 unspecified atom stereocenters. The minimum Gasteiger partial charge on any atom is -0.398 e. The summed E-state index contributed by atoms with van der Waals surface area (Å²) < 4.78 is 0. The van der Waals surface area contributed by atoms with Crippen molar-refractivity contribution in [2.45, 2.75) is 13.8 Å². The van der Waals surface area contributed by atoms with Crippen LogP contribution in [0.4, 0.5) is 11.4 Å². The van der Waals surface area contributed by atoms with Crippen LogP contribution >= 0.6 is 0 Å². The summed E-state index contributed by atoms with van der Waals surface area (Å²) in [6.45, 7) is 4.12. The van der Waals surface area contributed by atoms with Gasteiger partial charge in [-0.1, -0.05) is 48.6 Å². The molecule has 0 spiro atoms. The van der Waals surface area contributed by atoms with Gasteiger partial charge in [0.05, 0.1) is 0 Å². The first-order valence-corrected chi connectivity index (χ1v) is 8.95. The molecule has 4 N–H and O–H groups in total. The molecule has 2 nitrogen and oxygen atoms in total. The maximum Gasteiger partial charge on any atom is 0.0400 e. The van der Waals surface area contributed by atoms with E-state index in [0.717, 1.165) is 22.1 Å². The first-order valence-electron chi connectivity index (χ1n) is 8.95. The molecule has 0 saturated heterocycles. The average Bonchev–Trinajstić information content (AvgIpc) is 2.67. The standard InChI is InChI=1S/C24H20N2/c1-3-13-5-7-15-16-8-6-14(4-2)22-20(26)12-10-18(24(16)22)17-9-11-19(25)21(13)23(15)17/h3-12H,25-26H2,1-2H3/b13-3-,14-4-. The Morgan fingerprint density at radius 3 is 1.19 bits per heavy atom. The molecule has 0 radical (unpaired) electrons. The van der Waals surface area contributed by atoms with Crippen LogP contribution < -0.4 is 21.9 Å². The van der Waals surface area contributed by atoms with E-state index < -0.39 is 0 Å². The molecular formula is C24H20N2. The zero-order valence-corrected chi connectivity index (χ0v) is 14.9. The molecule has 0 bridgehead atoms. The number of hydrogen-bond donors (Lipinski definition) is 2. The van der Waals surface area contributed by atoms with Gasteiger partial charge in [0.1, 0.15) is 0 Å². The molecule has 0 saturated carbocycles. The van der Waals surface area contributed by atoms with Crippen LogP contribution in [0.3, 0.4) is 0 Å². The van der Waals surface area contributed by atoms with Crippen LogP contribution in [0.2, 0.25) is 0 Å². The van der Waals surface area contributed by atoms with Gasteiger partial charge in [0, 0.05) is 32.9 Å². The number of nitrogens with two attached hydrogens (primary N) is 2. The summed E-state index contributed by atoms with van der Waals surface area (Å²) in [5, 5.41) is 12.1. The summed E-state index contributed by atoms with van der Waals surface area (Å²) in [6, 6.07) is 17.1. The van der Waals surface area contributed by atoms with Crippen molar-refractivity contribution in [2.75, 3.05) is 11.5 Å². The van der Waals surface area contributed by atoms with Crippen molar-refractivity contribution in [1.82, 2.24) is 0 Å². The van der Waals surface area contributed by atoms with Crippen LogP contribution in [-0.4, -0.2) is 0 Å². The minimum absolute atomic E-state index is 0.826. The normalized spacial score (nSPS) is 13.8. The SMILES string of the molecule is C/C=c1/ccc2c3cc/c(=C/C)c4c(N)ccc(c5ccc(N)c1c52)c43. The predicted octanol–water partition coefficient (Wildman–Crippen LogP) is 4.50. The van der Waals surface area contributed by atoms with E-state index in [-0.39, 0.29) is 0 Å². The molecule has 2 heteroatoms. The fraction of sp³-hybridized carbons (Fsp3) is 0.0833. The Morgan fingerprint density at radius 1 is 0.500 bits per heavy atom. The van der Waals surface area contributed by atoms with E-state index in [0.29, 0.717) is 0 Å². The molecule has 5 rings (SSSR count). The fourth-order valence-corrected chi connectivity index (χ4v) is 4.48. The summed E-state index contributed by atoms with van der Waals surface area (Å²) in [6.07, 6.45) is 4.25. The Kier molecular flexibility index (Phi) is 2.96. The average molecular weight is 336 g/mol. The van der Waals surface area contributed by atoms with Crippen molar-refractivity contribution in [3.63, 3.8) is 0 Å². The van der Waals surface area contributed by atoms with Crippen LogP contribution in [0.25, 0.3) is 55.2 Å². The molecule has 0 aromatic heterocycles. The van der Waals surface area contributed by atoms with Gasteiger partial charge in [0.25, 0.3) is 0 Å². The van der Waals surface area contributed by atoms with Gasteiger partial charge in [0.2, 0.25) is 0 Å². The molecule has 26 heavy (non-hydrogen) atoms. The molecule has 0 fully saturated rings. The van der Waals surface area contributed by atoms with Gasteiger partial charge < -0.3 is 11.5 Å². The quantitative estimate of drug-likeness (QED) is 0.248. The van der Waals surface area contributed by atoms with E-state index in [4.69, 9.17) is 11.5 Å². The first kappa shape index (κ1) is 15.0. The van der Waals surface area contributed by atoms with Crippen molar-refractivity contribution in [2.24, 2.45) is 0 Å². The Hall–Kier alpha value is -3.26. The predicted molar refractivity (Wildman–Crippen MR) is 116 cm³/mol. The van der Waals surface area contributed by atoms with Gasteiger partial charge in [-0.15, -0.1) is 0 Å². The lowest BCUT2D eigenvalue weighted by Gasteiger charge is -2.17. The minimum atomic E-state index is 0.826. The van der Waals surface area contributed by atoms with Crippen LogP contribution in [0.1, 0.15) is 13.8 Å². The Bertz CT molecular complexity index is 1330. The van der Waals surface area contributed by atoms with E-state index in [1.54, 1.807) is 0 Å². The number of anilines is 2. The Balaban J connectivity index is 2.27. The number of hydrogen-bond acceptors (Lipinski definition) is 2. The summed E-state index contributed by atoms with van der Waals surface area (Å²) in [7, 11) is 0. The van der Waals surface area contributed by atoms with E-state index >= 15 is 0 Å². The molecule has 5 aromatic rings. The maximum atomic E-state index is 6.39. The Morgan fingerprint density at radius 2 is 0.846 bits per heavy atom. The highest BCUT2D eigenvalue weighted by Gasteiger charge is 2.15. The lowest BCUT2D eigenvalue weighted by molar-refractivity contribution is 1.66. The van der Waals surface area contributed by atoms with Crippen molar-refractivity contribution >= 4 is 66.6 Å². The highest BCUT2D eigenvalue weighted by atomic mass is 14.6. The molecule has 0 amide bonds. The van der Waals surface area contributed by atoms with Crippen LogP contribution in [0, 0.1) is 0 Å². The molecular weight excluding hydrogens is 316 g/mol. The smallest absolute Gasteiger partial charge is 0.0400 e. The fourth-order valence-electron chi connectivity index (χ4n) is 4.48. The van der Waals surface area contributed by atoms with Gasteiger partial charge >= 0.3 is 0 Å². The van der Waals surface area contributed by atoms with Crippen molar-refractivity contribution in [3.8, 4) is 0 Å². The number of rotatable bonds is 0. The maximum absolute atomic E-state index is 6.39. The molecule has 126 valence electrons. The largest absolute Gasteiger partial charge is 0.398 e. The van der Waals surface area contributed by atoms with Crippen LogP contribution in [0.5, 0.6) is 0 Å². The molecule has 0 heterocycles. The number of nitrogen functional groups attached to an aromatic ring is 2. The second kappa shape index (κ2) is 5.12. The van der Waals surface area contributed by atoms with Crippen molar-refractivity contribution in [1.29, 1.82) is 0 Å². The topological polar surface area (TPSA) is 52.0 Å². The number of benzene rings is 5. The van der Waals surface area contributed by atoms with E-state index in [9.17, 15) is 0 Å². The zero-order chi connectivity index (χ0) is 18.0. The van der Waals surface area contributed by atoms with Gasteiger partial charge in [-0.25, -0.2) is 0 Å². The van der Waals surface area contributed by atoms with Gasteiger partial charge in [-0.3, -0.25) is 0 Å². The molecule has 0 atom stereocenters. The number of fused-ring (bicyclic) bond motifs is 2. The Labute approximate surface area is 151 Å². The highest BCUT2D eigenvalue weighted by Crippen LogP contribution is 2.40. The molecule has 0 aliphatic rings. The van der Waals surface area contributed by atoms with E-state index in [1.807, 2.05) is 12.1 Å². The highest BCUT2D eigenvalue weighted by molar-refractivity contribution is 6.34. The zero-order valence-electron chi connectivity index (χ0n) is 14.9. The van der Waals surface area contributed by atoms with Gasteiger partial charge in [-0.05, 0) is 58.0 Å². The van der Waals surface area contributed by atoms with Crippen LogP contribution in [-0.2, 0) is 0 Å². The third-order valence-corrected chi connectivity index (χ3v) is 5.65. The second-order valence-electron chi connectivity index (χ2n) is 6.89. The van der Waals surface area contributed by atoms with Crippen LogP contribution in [0.15, 0.2) is 48.5 Å². The third-order valence-electron chi connectivity index (χ3n) is 5.65. The third kappa shape index (κ3) is 1.71. The monoisotopic (exact) mass is 336 g/mol. The van der Waals surface area contributed by atoms with Gasteiger partial charge in [0.15, 0.2) is 0 Å².